The van der Waals surface area contributed by atoms with E-state index in [1.165, 1.54) is 21.2 Å². The summed E-state index contributed by atoms with van der Waals surface area (Å²) in [6, 6.07) is 0. The molecule has 20 heteroatoms. The summed E-state index contributed by atoms with van der Waals surface area (Å²) in [5.74, 6) is -2.14. The minimum atomic E-state index is -5.82. The van der Waals surface area contributed by atoms with Crippen LogP contribution in [-0.2, 0) is 50.1 Å². The fourth-order valence-corrected chi connectivity index (χ4v) is 10.0. The molecule has 1 atom stereocenters. The van der Waals surface area contributed by atoms with Gasteiger partial charge in [0, 0.05) is 0 Å². The second-order valence-electron chi connectivity index (χ2n) is 6.39. The summed E-state index contributed by atoms with van der Waals surface area (Å²) in [5, 5.41) is -3.67. The van der Waals surface area contributed by atoms with Crippen molar-refractivity contribution in [2.75, 3.05) is 23.5 Å². The van der Waals surface area contributed by atoms with Crippen molar-refractivity contribution >= 4 is 50.1 Å². The molecule has 0 amide bonds. The molecule has 0 fully saturated rings. The second kappa shape index (κ2) is 10.7. The largest absolute Gasteiger partial charge is 0.290 e. The van der Waals surface area contributed by atoms with E-state index in [1.54, 1.807) is 6.92 Å². The maximum absolute atomic E-state index is 13.1. The van der Waals surface area contributed by atoms with Gasteiger partial charge in [-0.05, 0) is 23.6 Å². The topological polar surface area (TPSA) is 236 Å². The monoisotopic (exact) mass is 551 g/mol. The molecule has 0 aliphatic heterocycles. The number of nitrogens with two attached hydrogens (primary N) is 1. The average Bonchev–Trinajstić information content (AvgIpc) is 2.55. The van der Waals surface area contributed by atoms with Crippen LogP contribution in [0.2, 0.25) is 0 Å². The highest BCUT2D eigenvalue weighted by Gasteiger charge is 2.53. The summed E-state index contributed by atoms with van der Waals surface area (Å²) in [4.78, 5) is 1.32. The first-order valence-electron chi connectivity index (χ1n) is 8.76. The maximum atomic E-state index is 13.1. The van der Waals surface area contributed by atoms with Gasteiger partial charge in [0.15, 0.2) is 0 Å². The molecule has 0 heterocycles. The highest BCUT2D eigenvalue weighted by atomic mass is 32.3. The van der Waals surface area contributed by atoms with E-state index in [0.717, 1.165) is 6.92 Å². The van der Waals surface area contributed by atoms with Crippen LogP contribution in [0.4, 0.5) is 0 Å². The van der Waals surface area contributed by atoms with Crippen molar-refractivity contribution in [1.29, 1.82) is 0 Å². The summed E-state index contributed by atoms with van der Waals surface area (Å²) in [5.41, 5.74) is 5.56. The Hall–Kier alpha value is -0.450. The second-order valence-corrected chi connectivity index (χ2v) is 16.1. The van der Waals surface area contributed by atoms with Gasteiger partial charge in [-0.2, -0.15) is 9.44 Å². The zero-order valence-electron chi connectivity index (χ0n) is 17.4. The molecule has 0 spiro atoms. The van der Waals surface area contributed by atoms with Gasteiger partial charge in [-0.3, -0.25) is 5.73 Å². The lowest BCUT2D eigenvalue weighted by molar-refractivity contribution is 0.409. The lowest BCUT2D eigenvalue weighted by atomic mass is 10.4. The molecule has 0 aliphatic rings. The molecular weight excluding hydrogens is 522 g/mol. The van der Waals surface area contributed by atoms with Gasteiger partial charge in [-0.1, -0.05) is 20.3 Å². The summed E-state index contributed by atoms with van der Waals surface area (Å²) in [6.07, 6.45) is 0.653. The lowest BCUT2D eigenvalue weighted by Crippen LogP contribution is -2.75. The predicted octanol–water partition coefficient (Wildman–Crippen LogP) is -2.95. The molecule has 31 heavy (non-hydrogen) atoms. The number of unbranched alkanes of at least 4 members (excludes halogenated alkanes) is 1. The maximum Gasteiger partial charge on any atom is 0.290 e. The number of nitrogens with one attached hydrogen (secondary N) is 3. The van der Waals surface area contributed by atoms with Crippen LogP contribution in [0, 0.1) is 0 Å². The van der Waals surface area contributed by atoms with Gasteiger partial charge in [0.2, 0.25) is 40.1 Å². The molecule has 15 nitrogen and oxygen atoms in total. The molecule has 0 aromatic heterocycles. The van der Waals surface area contributed by atoms with Crippen molar-refractivity contribution < 1.29 is 42.1 Å². The number of hydrogen-bond acceptors (Lipinski definition) is 11. The van der Waals surface area contributed by atoms with E-state index < -0.39 is 76.3 Å². The molecule has 0 aromatic carbocycles. The van der Waals surface area contributed by atoms with Gasteiger partial charge in [0.05, 0.1) is 23.5 Å². The third kappa shape index (κ3) is 9.14. The summed E-state index contributed by atoms with van der Waals surface area (Å²) in [6.45, 7) is 4.10. The van der Waals surface area contributed by atoms with Gasteiger partial charge < -0.3 is 0 Å². The molecule has 0 rings (SSSR count). The van der Waals surface area contributed by atoms with E-state index in [1.807, 2.05) is 0 Å². The fraction of sp³-hybridized carbons (Fsp3) is 1.00. The van der Waals surface area contributed by atoms with Crippen LogP contribution in [0.15, 0.2) is 0 Å². The Kier molecular flexibility index (Phi) is 10.5. The fourth-order valence-electron chi connectivity index (χ4n) is 1.90. The van der Waals surface area contributed by atoms with E-state index in [4.69, 9.17) is 5.73 Å². The molecular formula is C11H29N5O10S5. The molecule has 0 aliphatic carbocycles. The summed E-state index contributed by atoms with van der Waals surface area (Å²) in [7, 11) is -24.5. The SMILES string of the molecule is CCCCS(=O)(=O)NN(S(C)(=O)=O)S(=O)(=O)C(N)(NS(=O)(=O)CC)NS(=O)(=O)CCC. The minimum Gasteiger partial charge on any atom is -0.285 e. The summed E-state index contributed by atoms with van der Waals surface area (Å²) < 4.78 is 125. The smallest absolute Gasteiger partial charge is 0.285 e. The van der Waals surface area contributed by atoms with E-state index in [9.17, 15) is 42.1 Å². The van der Waals surface area contributed by atoms with Crippen molar-refractivity contribution in [2.45, 2.75) is 45.2 Å². The Bertz CT molecular complexity index is 1150. The molecule has 5 N–H and O–H groups in total. The Morgan fingerprint density at radius 1 is 0.742 bits per heavy atom. The Balaban J connectivity index is 6.78. The van der Waals surface area contributed by atoms with Crippen LogP contribution in [-0.4, -0.2) is 74.5 Å². The minimum absolute atomic E-state index is 0.0341. The quantitative estimate of drug-likeness (QED) is 0.118. The molecule has 0 saturated heterocycles. The Morgan fingerprint density at radius 2 is 1.23 bits per heavy atom. The summed E-state index contributed by atoms with van der Waals surface area (Å²) >= 11 is 0. The lowest BCUT2D eigenvalue weighted by Gasteiger charge is -2.33. The van der Waals surface area contributed by atoms with Crippen molar-refractivity contribution in [1.82, 2.24) is 18.1 Å². The van der Waals surface area contributed by atoms with E-state index >= 15 is 0 Å². The number of rotatable bonds is 15. The molecule has 0 bridgehead atoms. The van der Waals surface area contributed by atoms with Crippen LogP contribution < -0.4 is 20.0 Å². The third-order valence-electron chi connectivity index (χ3n) is 3.37. The first-order valence-corrected chi connectivity index (χ1v) is 17.0. The standard InChI is InChI=1S/C11H29N5O10S5/c1-5-8-10-30(23,24)15-16(27(4,17)18)31(25,26)11(12,13-28(19,20)7-3)14-29(21,22)9-6-2/h13-15H,5-10,12H2,1-4H3. The van der Waals surface area contributed by atoms with Gasteiger partial charge in [0.25, 0.3) is 15.1 Å². The van der Waals surface area contributed by atoms with Gasteiger partial charge in [0.1, 0.15) is 0 Å². The van der Waals surface area contributed by atoms with Crippen molar-refractivity contribution in [2.24, 2.45) is 5.73 Å². The number of hydrazine groups is 1. The first-order chi connectivity index (χ1) is 13.7. The van der Waals surface area contributed by atoms with Crippen molar-refractivity contribution in [3.05, 3.63) is 0 Å². The van der Waals surface area contributed by atoms with Crippen LogP contribution in [0.5, 0.6) is 0 Å². The van der Waals surface area contributed by atoms with Gasteiger partial charge >= 0.3 is 0 Å². The Labute approximate surface area is 184 Å². The van der Waals surface area contributed by atoms with Crippen LogP contribution in [0.1, 0.15) is 40.0 Å². The highest BCUT2D eigenvalue weighted by Crippen LogP contribution is 2.17. The highest BCUT2D eigenvalue weighted by molar-refractivity contribution is 8.06. The molecule has 0 aromatic rings. The number of sulfonamides is 5. The van der Waals surface area contributed by atoms with Crippen LogP contribution >= 0.6 is 0 Å². The zero-order chi connectivity index (χ0) is 24.9. The zero-order valence-corrected chi connectivity index (χ0v) is 21.5. The van der Waals surface area contributed by atoms with E-state index in [-0.39, 0.29) is 12.8 Å². The average molecular weight is 552 g/mol. The van der Waals surface area contributed by atoms with Crippen molar-refractivity contribution in [3.63, 3.8) is 0 Å². The Morgan fingerprint density at radius 3 is 1.61 bits per heavy atom. The predicted molar refractivity (Wildman–Crippen MR) is 114 cm³/mol. The third-order valence-corrected chi connectivity index (χ3v) is 11.8. The van der Waals surface area contributed by atoms with E-state index in [0.29, 0.717) is 12.7 Å². The van der Waals surface area contributed by atoms with Crippen LogP contribution in [0.25, 0.3) is 0 Å². The van der Waals surface area contributed by atoms with Gasteiger partial charge in [-0.15, -0.1) is 4.83 Å². The van der Waals surface area contributed by atoms with Crippen molar-refractivity contribution in [3.8, 4) is 0 Å². The normalized spacial score (nSPS) is 16.3. The molecule has 188 valence electrons. The van der Waals surface area contributed by atoms with Crippen LogP contribution in [0.3, 0.4) is 0 Å². The molecule has 0 radical (unpaired) electrons. The molecule has 1 unspecified atom stereocenters. The number of hydrogen-bond donors (Lipinski definition) is 4. The number of nitrogens with zero attached hydrogens (tertiary/aromatic N) is 1. The van der Waals surface area contributed by atoms with Gasteiger partial charge in [-0.25, -0.2) is 42.1 Å². The molecule has 0 saturated carbocycles. The van der Waals surface area contributed by atoms with E-state index in [2.05, 4.69) is 0 Å². The first kappa shape index (κ1) is 30.6.